The first-order chi connectivity index (χ1) is 20.2. The van der Waals surface area contributed by atoms with Crippen molar-refractivity contribution >= 4 is 45.8 Å². The van der Waals surface area contributed by atoms with Crippen molar-refractivity contribution < 1.29 is 28.7 Å². The van der Waals surface area contributed by atoms with E-state index in [0.717, 1.165) is 59.2 Å². The van der Waals surface area contributed by atoms with Crippen molar-refractivity contribution in [1.29, 1.82) is 0 Å². The molecule has 0 aromatic heterocycles. The molecule has 230 valence electrons. The number of benzene rings is 1. The van der Waals surface area contributed by atoms with Crippen molar-refractivity contribution in [2.75, 3.05) is 33.1 Å². The first kappa shape index (κ1) is 33.6. The van der Waals surface area contributed by atoms with E-state index in [0.29, 0.717) is 31.5 Å². The third-order valence-corrected chi connectivity index (χ3v) is 10.2. The average molecular weight is 619 g/mol. The van der Waals surface area contributed by atoms with Crippen LogP contribution in [-0.2, 0) is 23.9 Å². The summed E-state index contributed by atoms with van der Waals surface area (Å²) in [6.45, 7) is 4.60. The van der Waals surface area contributed by atoms with Crippen LogP contribution in [0.1, 0.15) is 82.0 Å². The van der Waals surface area contributed by atoms with Crippen LogP contribution in [0.4, 0.5) is 0 Å². The zero-order valence-corrected chi connectivity index (χ0v) is 26.6. The van der Waals surface area contributed by atoms with E-state index in [-0.39, 0.29) is 37.5 Å². The lowest BCUT2D eigenvalue weighted by Crippen LogP contribution is -2.41. The molecular formula is C30H42N4O6S2. The molecule has 2 amide bonds. The number of carbonyl (C=O) groups excluding carboxylic acids is 4. The second kappa shape index (κ2) is 17.3. The maximum Gasteiger partial charge on any atom is 0.306 e. The normalized spacial score (nSPS) is 18.1. The fourth-order valence-corrected chi connectivity index (χ4v) is 7.38. The van der Waals surface area contributed by atoms with Crippen molar-refractivity contribution in [3.63, 3.8) is 0 Å². The Balaban J connectivity index is 1.35. The van der Waals surface area contributed by atoms with Gasteiger partial charge in [0.2, 0.25) is 6.41 Å². The molecule has 0 spiro atoms. The summed E-state index contributed by atoms with van der Waals surface area (Å²) in [4.78, 5) is 61.7. The van der Waals surface area contributed by atoms with Crippen molar-refractivity contribution in [3.05, 3.63) is 45.1 Å². The van der Waals surface area contributed by atoms with E-state index in [9.17, 15) is 19.2 Å². The van der Waals surface area contributed by atoms with E-state index in [4.69, 9.17) is 9.47 Å². The molecule has 0 saturated heterocycles. The standard InChI is InChI=1S/C30H42N4O6S2/c1-5-6-17-41-42-27(21(2)33(3)20-35)15-16-39-28(36)13-14-29(37)40-24-10-8-23(9-11-24)34(4)30(38)22-7-12-25-26(18-22)32-19-31-25/h7,12,18,20,23-24H,5-6,8-11,13-17,19H2,1-4H3/b27-21-. The lowest BCUT2D eigenvalue weighted by Gasteiger charge is -2.34. The van der Waals surface area contributed by atoms with Crippen LogP contribution in [0.15, 0.2) is 38.8 Å². The number of rotatable bonds is 16. The Bertz CT molecular complexity index is 1260. The zero-order valence-electron chi connectivity index (χ0n) is 25.0. The molecule has 1 aliphatic carbocycles. The van der Waals surface area contributed by atoms with E-state index >= 15 is 0 Å². The van der Waals surface area contributed by atoms with E-state index in [1.165, 1.54) is 4.90 Å². The number of fused-ring (bicyclic) bond motifs is 1. The highest BCUT2D eigenvalue weighted by molar-refractivity contribution is 8.78. The molecule has 0 bridgehead atoms. The molecule has 42 heavy (non-hydrogen) atoms. The Morgan fingerprint density at radius 3 is 2.45 bits per heavy atom. The molecule has 0 N–H and O–H groups in total. The van der Waals surface area contributed by atoms with Crippen molar-refractivity contribution in [2.24, 2.45) is 9.98 Å². The van der Waals surface area contributed by atoms with Gasteiger partial charge in [-0.2, -0.15) is 0 Å². The molecule has 0 radical (unpaired) electrons. The topological polar surface area (TPSA) is 118 Å². The van der Waals surface area contributed by atoms with Gasteiger partial charge in [-0.15, -0.1) is 0 Å². The number of unbranched alkanes of at least 4 members (excludes halogenated alkanes) is 1. The number of allylic oxidation sites excluding steroid dienone is 1. The van der Waals surface area contributed by atoms with Gasteiger partial charge in [0.05, 0.1) is 30.2 Å². The summed E-state index contributed by atoms with van der Waals surface area (Å²) in [5.41, 5.74) is 1.43. The minimum absolute atomic E-state index is 0.0377. The number of carbonyl (C=O) groups is 4. The van der Waals surface area contributed by atoms with Crippen LogP contribution in [0, 0.1) is 0 Å². The molecule has 1 fully saturated rings. The van der Waals surface area contributed by atoms with Gasteiger partial charge in [0.15, 0.2) is 0 Å². The molecule has 10 nitrogen and oxygen atoms in total. The number of nitrogens with zero attached hydrogens (tertiary/aromatic N) is 4. The largest absolute Gasteiger partial charge is 0.465 e. The van der Waals surface area contributed by atoms with E-state index in [1.807, 2.05) is 20.0 Å². The Hall–Kier alpha value is -2.86. The van der Waals surface area contributed by atoms with Gasteiger partial charge in [-0.25, -0.2) is 0 Å². The maximum absolute atomic E-state index is 13.0. The maximum atomic E-state index is 13.0. The third-order valence-electron chi connectivity index (χ3n) is 7.47. The molecular weight excluding hydrogens is 576 g/mol. The molecule has 0 unspecified atom stereocenters. The molecule has 3 rings (SSSR count). The average Bonchev–Trinajstić information content (AvgIpc) is 3.48. The number of amides is 2. The molecule has 12 heteroatoms. The lowest BCUT2D eigenvalue weighted by atomic mass is 9.91. The van der Waals surface area contributed by atoms with Gasteiger partial charge in [-0.05, 0) is 57.2 Å². The monoisotopic (exact) mass is 618 g/mol. The van der Waals surface area contributed by atoms with E-state index in [2.05, 4.69) is 16.9 Å². The first-order valence-electron chi connectivity index (χ1n) is 14.5. The van der Waals surface area contributed by atoms with Gasteiger partial charge < -0.3 is 19.3 Å². The molecule has 1 heterocycles. The van der Waals surface area contributed by atoms with Crippen molar-refractivity contribution in [3.8, 4) is 0 Å². The summed E-state index contributed by atoms with van der Waals surface area (Å²) >= 11 is 0. The highest BCUT2D eigenvalue weighted by Crippen LogP contribution is 2.35. The Morgan fingerprint density at radius 1 is 1.02 bits per heavy atom. The number of esters is 2. The number of ether oxygens (including phenoxy) is 2. The van der Waals surface area contributed by atoms with Crippen LogP contribution in [0.25, 0.3) is 0 Å². The van der Waals surface area contributed by atoms with Gasteiger partial charge in [0.25, 0.3) is 5.91 Å². The summed E-state index contributed by atoms with van der Waals surface area (Å²) in [5.74, 6) is 0.0816. The van der Waals surface area contributed by atoms with Gasteiger partial charge in [-0.3, -0.25) is 29.2 Å². The van der Waals surface area contributed by atoms with Gasteiger partial charge in [-0.1, -0.05) is 34.9 Å². The van der Waals surface area contributed by atoms with Crippen LogP contribution in [0.5, 0.6) is 0 Å². The number of hydrogen-bond donors (Lipinski definition) is 0. The minimum atomic E-state index is -0.451. The fourth-order valence-electron chi connectivity index (χ4n) is 4.68. The van der Waals surface area contributed by atoms with E-state index in [1.54, 1.807) is 45.7 Å². The van der Waals surface area contributed by atoms with Gasteiger partial charge in [0.1, 0.15) is 12.8 Å². The predicted octanol–water partition coefficient (Wildman–Crippen LogP) is 4.04. The zero-order chi connectivity index (χ0) is 30.5. The molecule has 2 aliphatic rings. The summed E-state index contributed by atoms with van der Waals surface area (Å²) in [7, 11) is 6.85. The van der Waals surface area contributed by atoms with Crippen molar-refractivity contribution in [1.82, 2.24) is 9.80 Å². The summed E-state index contributed by atoms with van der Waals surface area (Å²) in [5, 5.41) is 1.57. The highest BCUT2D eigenvalue weighted by Gasteiger charge is 2.29. The first-order valence-corrected chi connectivity index (χ1v) is 16.8. The summed E-state index contributed by atoms with van der Waals surface area (Å²) in [6, 6.07) is 5.47. The van der Waals surface area contributed by atoms with Crippen LogP contribution in [0.2, 0.25) is 0 Å². The second-order valence-corrected chi connectivity index (χ2v) is 13.0. The van der Waals surface area contributed by atoms with Crippen molar-refractivity contribution in [2.45, 2.75) is 83.8 Å². The minimum Gasteiger partial charge on any atom is -0.465 e. The van der Waals surface area contributed by atoms with Crippen LogP contribution >= 0.6 is 21.6 Å². The molecule has 0 atom stereocenters. The molecule has 1 aromatic rings. The Kier molecular flexibility index (Phi) is 13.9. The highest BCUT2D eigenvalue weighted by atomic mass is 33.1. The fraction of sp³-hybridized carbons (Fsp3) is 0.600. The second-order valence-electron chi connectivity index (χ2n) is 10.5. The summed E-state index contributed by atoms with van der Waals surface area (Å²) in [6.07, 6.45) is 5.97. The number of hydrogen-bond acceptors (Lipinski definition) is 10. The summed E-state index contributed by atoms with van der Waals surface area (Å²) < 4.78 is 11.0. The van der Waals surface area contributed by atoms with Crippen LogP contribution < -0.4 is 10.7 Å². The van der Waals surface area contributed by atoms with Crippen LogP contribution in [0.3, 0.4) is 0 Å². The third kappa shape index (κ3) is 10.1. The SMILES string of the molecule is CCCCSS/C(CCOC(=O)CCC(=O)OC1CCC(N(C)C(=O)c2ccc3c(c2)=NCN=3)CC1)=C(/C)N(C)C=O. The van der Waals surface area contributed by atoms with E-state index < -0.39 is 11.9 Å². The van der Waals surface area contributed by atoms with Gasteiger partial charge in [0, 0.05) is 48.5 Å². The predicted molar refractivity (Wildman–Crippen MR) is 164 cm³/mol. The molecule has 1 saturated carbocycles. The Labute approximate surface area is 255 Å². The lowest BCUT2D eigenvalue weighted by molar-refractivity contribution is -0.155. The quantitative estimate of drug-likeness (QED) is 0.118. The smallest absolute Gasteiger partial charge is 0.306 e. The molecule has 1 aromatic carbocycles. The van der Waals surface area contributed by atoms with Gasteiger partial charge >= 0.3 is 11.9 Å². The van der Waals surface area contributed by atoms with Crippen LogP contribution in [-0.4, -0.2) is 79.3 Å². The Morgan fingerprint density at radius 2 is 1.74 bits per heavy atom. The molecule has 1 aliphatic heterocycles.